The summed E-state index contributed by atoms with van der Waals surface area (Å²) < 4.78 is 0. The number of unbranched alkanes of at least 4 members (excludes halogenated alkanes) is 3. The van der Waals surface area contributed by atoms with Gasteiger partial charge in [0.25, 0.3) is 0 Å². The molecule has 2 aromatic rings. The summed E-state index contributed by atoms with van der Waals surface area (Å²) in [4.78, 5) is 0. The van der Waals surface area contributed by atoms with Crippen molar-refractivity contribution in [3.8, 4) is 0 Å². The Bertz CT molecular complexity index is 404. The van der Waals surface area contributed by atoms with Gasteiger partial charge in [-0.05, 0) is 17.5 Å². The lowest BCUT2D eigenvalue weighted by molar-refractivity contribution is 0.651. The average molecular weight is 251 g/mol. The average Bonchev–Trinajstić information content (AvgIpc) is 2.49. The van der Waals surface area contributed by atoms with Crippen molar-refractivity contribution >= 4 is 0 Å². The lowest BCUT2D eigenvalue weighted by Gasteiger charge is -2.17. The highest BCUT2D eigenvalue weighted by molar-refractivity contribution is 5.45. The SMILES string of the molecule is CCCCCC[C](c1ccccc1)c1ccccc1. The van der Waals surface area contributed by atoms with E-state index in [9.17, 15) is 0 Å². The van der Waals surface area contributed by atoms with Crippen LogP contribution in [0, 0.1) is 5.92 Å². The largest absolute Gasteiger partial charge is 0.0654 e. The van der Waals surface area contributed by atoms with Crippen LogP contribution in [-0.2, 0) is 0 Å². The van der Waals surface area contributed by atoms with Gasteiger partial charge >= 0.3 is 0 Å². The van der Waals surface area contributed by atoms with Crippen molar-refractivity contribution in [2.45, 2.75) is 39.0 Å². The highest BCUT2D eigenvalue weighted by atomic mass is 14.2. The van der Waals surface area contributed by atoms with Crippen molar-refractivity contribution in [2.24, 2.45) is 0 Å². The van der Waals surface area contributed by atoms with E-state index in [1.54, 1.807) is 0 Å². The zero-order chi connectivity index (χ0) is 13.3. The maximum atomic E-state index is 2.26. The number of benzene rings is 2. The van der Waals surface area contributed by atoms with Gasteiger partial charge in [0.2, 0.25) is 0 Å². The molecule has 1 radical (unpaired) electrons. The quantitative estimate of drug-likeness (QED) is 0.560. The van der Waals surface area contributed by atoms with Crippen LogP contribution in [0.25, 0.3) is 0 Å². The fourth-order valence-electron chi connectivity index (χ4n) is 2.46. The Balaban J connectivity index is 2.10. The highest BCUT2D eigenvalue weighted by Crippen LogP contribution is 2.28. The minimum atomic E-state index is 1.17. The second kappa shape index (κ2) is 7.78. The first-order chi connectivity index (χ1) is 9.42. The molecule has 0 spiro atoms. The first-order valence-electron chi connectivity index (χ1n) is 7.38. The fraction of sp³-hybridized carbons (Fsp3) is 0.316. The Morgan fingerprint density at radius 1 is 0.684 bits per heavy atom. The minimum absolute atomic E-state index is 1.17. The predicted molar refractivity (Wildman–Crippen MR) is 83.1 cm³/mol. The second-order valence-electron chi connectivity index (χ2n) is 5.02. The lowest BCUT2D eigenvalue weighted by atomic mass is 9.87. The van der Waals surface area contributed by atoms with Crippen LogP contribution in [0.2, 0.25) is 0 Å². The van der Waals surface area contributed by atoms with E-state index in [4.69, 9.17) is 0 Å². The Kier molecular flexibility index (Phi) is 5.68. The van der Waals surface area contributed by atoms with Crippen LogP contribution in [0.4, 0.5) is 0 Å². The van der Waals surface area contributed by atoms with E-state index >= 15 is 0 Å². The molecule has 0 aromatic heterocycles. The molecule has 0 nitrogen and oxygen atoms in total. The molecular weight excluding hydrogens is 228 g/mol. The monoisotopic (exact) mass is 251 g/mol. The maximum absolute atomic E-state index is 2.26. The first kappa shape index (κ1) is 13.9. The molecule has 0 aliphatic heterocycles. The van der Waals surface area contributed by atoms with Gasteiger partial charge in [0, 0.05) is 5.92 Å². The molecule has 2 rings (SSSR count). The van der Waals surface area contributed by atoms with Crippen molar-refractivity contribution in [3.63, 3.8) is 0 Å². The van der Waals surface area contributed by atoms with Gasteiger partial charge in [-0.15, -0.1) is 0 Å². The van der Waals surface area contributed by atoms with Gasteiger partial charge in [0.15, 0.2) is 0 Å². The van der Waals surface area contributed by atoms with E-state index < -0.39 is 0 Å². The van der Waals surface area contributed by atoms with E-state index in [1.165, 1.54) is 49.1 Å². The van der Waals surface area contributed by atoms with E-state index in [0.717, 1.165) is 0 Å². The molecular formula is C19H23. The topological polar surface area (TPSA) is 0 Å². The zero-order valence-corrected chi connectivity index (χ0v) is 11.8. The van der Waals surface area contributed by atoms with Crippen molar-refractivity contribution in [1.82, 2.24) is 0 Å². The normalized spacial score (nSPS) is 10.8. The van der Waals surface area contributed by atoms with E-state index in [0.29, 0.717) is 0 Å². The zero-order valence-electron chi connectivity index (χ0n) is 11.8. The van der Waals surface area contributed by atoms with Gasteiger partial charge < -0.3 is 0 Å². The van der Waals surface area contributed by atoms with Crippen LogP contribution in [0.3, 0.4) is 0 Å². The van der Waals surface area contributed by atoms with E-state index in [-0.39, 0.29) is 0 Å². The fourth-order valence-corrected chi connectivity index (χ4v) is 2.46. The molecule has 0 aliphatic rings. The van der Waals surface area contributed by atoms with Gasteiger partial charge in [-0.25, -0.2) is 0 Å². The Hall–Kier alpha value is -1.56. The summed E-state index contributed by atoms with van der Waals surface area (Å²) in [5.74, 6) is 1.48. The van der Waals surface area contributed by atoms with Gasteiger partial charge in [0.05, 0.1) is 0 Å². The summed E-state index contributed by atoms with van der Waals surface area (Å²) >= 11 is 0. The first-order valence-corrected chi connectivity index (χ1v) is 7.38. The highest BCUT2D eigenvalue weighted by Gasteiger charge is 2.13. The van der Waals surface area contributed by atoms with Crippen molar-refractivity contribution in [3.05, 3.63) is 77.7 Å². The number of hydrogen-bond donors (Lipinski definition) is 0. The van der Waals surface area contributed by atoms with Gasteiger partial charge in [-0.1, -0.05) is 93.3 Å². The van der Waals surface area contributed by atoms with Crippen LogP contribution >= 0.6 is 0 Å². The van der Waals surface area contributed by atoms with Crippen LogP contribution in [0.5, 0.6) is 0 Å². The molecule has 2 aromatic carbocycles. The molecule has 0 fully saturated rings. The standard InChI is InChI=1S/C19H23/c1-2-3-4-11-16-19(17-12-7-5-8-13-17)18-14-9-6-10-15-18/h5-10,12-15H,2-4,11,16H2,1H3. The van der Waals surface area contributed by atoms with Crippen LogP contribution in [0.1, 0.15) is 50.2 Å². The summed E-state index contributed by atoms with van der Waals surface area (Å²) in [6.07, 6.45) is 6.43. The summed E-state index contributed by atoms with van der Waals surface area (Å²) in [6.45, 7) is 2.26. The van der Waals surface area contributed by atoms with Crippen LogP contribution < -0.4 is 0 Å². The van der Waals surface area contributed by atoms with E-state index in [1.807, 2.05) is 0 Å². The van der Waals surface area contributed by atoms with Crippen LogP contribution in [-0.4, -0.2) is 0 Å². The molecule has 0 heterocycles. The third kappa shape index (κ3) is 4.24. The van der Waals surface area contributed by atoms with Crippen molar-refractivity contribution in [2.75, 3.05) is 0 Å². The van der Waals surface area contributed by atoms with Gasteiger partial charge in [-0.3, -0.25) is 0 Å². The molecule has 0 bridgehead atoms. The Morgan fingerprint density at radius 2 is 1.21 bits per heavy atom. The smallest absolute Gasteiger partial charge is 0.0340 e. The van der Waals surface area contributed by atoms with Gasteiger partial charge in [-0.2, -0.15) is 0 Å². The third-order valence-electron chi connectivity index (χ3n) is 3.52. The lowest BCUT2D eigenvalue weighted by Crippen LogP contribution is -2.02. The maximum Gasteiger partial charge on any atom is 0.0340 e. The molecule has 0 atom stereocenters. The van der Waals surface area contributed by atoms with Crippen LogP contribution in [0.15, 0.2) is 60.7 Å². The molecule has 0 amide bonds. The molecule has 99 valence electrons. The molecule has 0 saturated carbocycles. The Morgan fingerprint density at radius 3 is 1.68 bits per heavy atom. The minimum Gasteiger partial charge on any atom is -0.0654 e. The summed E-state index contributed by atoms with van der Waals surface area (Å²) in [5, 5.41) is 0. The molecule has 0 N–H and O–H groups in total. The Labute approximate surface area is 117 Å². The summed E-state index contributed by atoms with van der Waals surface area (Å²) in [7, 11) is 0. The number of hydrogen-bond acceptors (Lipinski definition) is 0. The predicted octanol–water partition coefficient (Wildman–Crippen LogP) is 5.63. The second-order valence-corrected chi connectivity index (χ2v) is 5.02. The molecule has 0 saturated heterocycles. The molecule has 19 heavy (non-hydrogen) atoms. The molecule has 0 aliphatic carbocycles. The molecule has 0 unspecified atom stereocenters. The summed E-state index contributed by atoms with van der Waals surface area (Å²) in [5.41, 5.74) is 2.73. The number of rotatable bonds is 7. The van der Waals surface area contributed by atoms with Crippen molar-refractivity contribution < 1.29 is 0 Å². The third-order valence-corrected chi connectivity index (χ3v) is 3.52. The van der Waals surface area contributed by atoms with E-state index in [2.05, 4.69) is 67.6 Å². The summed E-state index contributed by atoms with van der Waals surface area (Å²) in [6, 6.07) is 21.6. The van der Waals surface area contributed by atoms with Gasteiger partial charge in [0.1, 0.15) is 0 Å². The molecule has 0 heteroatoms. The van der Waals surface area contributed by atoms with Crippen molar-refractivity contribution in [1.29, 1.82) is 0 Å².